The highest BCUT2D eigenvalue weighted by Gasteiger charge is 2.21. The van der Waals surface area contributed by atoms with Crippen LogP contribution in [0.3, 0.4) is 0 Å². The summed E-state index contributed by atoms with van der Waals surface area (Å²) in [5.41, 5.74) is 3.54. The Morgan fingerprint density at radius 3 is 2.58 bits per heavy atom. The van der Waals surface area contributed by atoms with E-state index in [-0.39, 0.29) is 11.9 Å². The molecule has 1 heterocycles. The van der Waals surface area contributed by atoms with E-state index in [9.17, 15) is 4.79 Å². The lowest BCUT2D eigenvalue weighted by molar-refractivity contribution is -0.117. The molecular formula is C23H24N2O. The van der Waals surface area contributed by atoms with Crippen LogP contribution in [0.2, 0.25) is 0 Å². The van der Waals surface area contributed by atoms with Crippen LogP contribution in [0, 0.1) is 0 Å². The normalized spacial score (nSPS) is 16.7. The van der Waals surface area contributed by atoms with Crippen molar-refractivity contribution >= 4 is 22.4 Å². The predicted octanol–water partition coefficient (Wildman–Crippen LogP) is 4.32. The number of carbonyl (C=O) groups excluding carboxylic acids is 1. The minimum absolute atomic E-state index is 0.0407. The second-order valence-corrected chi connectivity index (χ2v) is 6.97. The highest BCUT2D eigenvalue weighted by atomic mass is 16.2. The van der Waals surface area contributed by atoms with Crippen LogP contribution >= 0.6 is 0 Å². The Bertz CT molecular complexity index is 890. The van der Waals surface area contributed by atoms with Crippen molar-refractivity contribution in [1.82, 2.24) is 5.32 Å². The van der Waals surface area contributed by atoms with Gasteiger partial charge in [-0.1, -0.05) is 54.6 Å². The molecule has 132 valence electrons. The third-order valence-electron chi connectivity index (χ3n) is 5.16. The molecule has 0 radical (unpaired) electrons. The van der Waals surface area contributed by atoms with Crippen LogP contribution in [0.15, 0.2) is 66.7 Å². The van der Waals surface area contributed by atoms with Gasteiger partial charge in [-0.15, -0.1) is 0 Å². The van der Waals surface area contributed by atoms with Gasteiger partial charge in [0, 0.05) is 5.69 Å². The van der Waals surface area contributed by atoms with Gasteiger partial charge in [-0.3, -0.25) is 4.79 Å². The maximum Gasteiger partial charge on any atom is 0.241 e. The Balaban J connectivity index is 1.39. The topological polar surface area (TPSA) is 41.1 Å². The molecule has 1 aliphatic heterocycles. The number of benzene rings is 3. The van der Waals surface area contributed by atoms with E-state index in [0.29, 0.717) is 0 Å². The fourth-order valence-electron chi connectivity index (χ4n) is 3.68. The minimum atomic E-state index is -0.0407. The van der Waals surface area contributed by atoms with E-state index >= 15 is 0 Å². The molecule has 1 unspecified atom stereocenters. The molecule has 3 aromatic rings. The number of hydrogen-bond acceptors (Lipinski definition) is 2. The van der Waals surface area contributed by atoms with Gasteiger partial charge in [-0.25, -0.2) is 0 Å². The van der Waals surface area contributed by atoms with Crippen LogP contribution in [-0.2, 0) is 17.6 Å². The largest absolute Gasteiger partial charge is 0.325 e. The lowest BCUT2D eigenvalue weighted by Crippen LogP contribution is -2.35. The number of amides is 1. The monoisotopic (exact) mass is 344 g/mol. The van der Waals surface area contributed by atoms with Gasteiger partial charge < -0.3 is 10.6 Å². The molecule has 1 amide bonds. The highest BCUT2D eigenvalue weighted by molar-refractivity contribution is 5.95. The number of nitrogens with one attached hydrogen (secondary N) is 2. The molecule has 26 heavy (non-hydrogen) atoms. The first-order valence-electron chi connectivity index (χ1n) is 9.39. The van der Waals surface area contributed by atoms with Gasteiger partial charge in [0.15, 0.2) is 0 Å². The molecule has 1 atom stereocenters. The Kier molecular flexibility index (Phi) is 4.98. The van der Waals surface area contributed by atoms with E-state index < -0.39 is 0 Å². The number of carbonyl (C=O) groups is 1. The summed E-state index contributed by atoms with van der Waals surface area (Å²) in [6.45, 7) is 0.936. The molecule has 0 aromatic heterocycles. The van der Waals surface area contributed by atoms with E-state index in [1.807, 2.05) is 12.1 Å². The van der Waals surface area contributed by atoms with Gasteiger partial charge in [0.25, 0.3) is 0 Å². The maximum absolute atomic E-state index is 12.2. The molecule has 1 fully saturated rings. The van der Waals surface area contributed by atoms with Crippen LogP contribution in [0.4, 0.5) is 5.69 Å². The maximum atomic E-state index is 12.2. The zero-order chi connectivity index (χ0) is 17.8. The van der Waals surface area contributed by atoms with Crippen molar-refractivity contribution in [3.8, 4) is 0 Å². The van der Waals surface area contributed by atoms with Crippen molar-refractivity contribution in [1.29, 1.82) is 0 Å². The van der Waals surface area contributed by atoms with Crippen molar-refractivity contribution in [3.05, 3.63) is 77.9 Å². The standard InChI is InChI=1S/C23H24N2O/c26-23(22-9-4-16-24-22)25-20-14-11-17(12-15-20)10-13-19-7-3-6-18-5-1-2-8-21(18)19/h1-3,5-8,11-12,14-15,22,24H,4,9-10,13,16H2,(H,25,26). The van der Waals surface area contributed by atoms with E-state index in [4.69, 9.17) is 0 Å². The van der Waals surface area contributed by atoms with Gasteiger partial charge in [-0.2, -0.15) is 0 Å². The molecule has 1 aliphatic rings. The fraction of sp³-hybridized carbons (Fsp3) is 0.261. The molecule has 0 bridgehead atoms. The average Bonchev–Trinajstić information content (AvgIpc) is 3.22. The lowest BCUT2D eigenvalue weighted by atomic mass is 9.98. The molecule has 1 saturated heterocycles. The van der Waals surface area contributed by atoms with E-state index in [2.05, 4.69) is 65.2 Å². The van der Waals surface area contributed by atoms with Crippen LogP contribution in [-0.4, -0.2) is 18.5 Å². The van der Waals surface area contributed by atoms with Gasteiger partial charge in [0.1, 0.15) is 0 Å². The molecule has 0 saturated carbocycles. The van der Waals surface area contributed by atoms with Crippen LogP contribution < -0.4 is 10.6 Å². The molecule has 2 N–H and O–H groups in total. The second kappa shape index (κ2) is 7.71. The highest BCUT2D eigenvalue weighted by Crippen LogP contribution is 2.21. The summed E-state index contributed by atoms with van der Waals surface area (Å²) in [5.74, 6) is 0.0750. The van der Waals surface area contributed by atoms with Crippen molar-refractivity contribution in [2.24, 2.45) is 0 Å². The van der Waals surface area contributed by atoms with E-state index in [1.165, 1.54) is 21.9 Å². The molecule has 4 rings (SSSR count). The first kappa shape index (κ1) is 16.8. The summed E-state index contributed by atoms with van der Waals surface area (Å²) in [6.07, 6.45) is 4.01. The summed E-state index contributed by atoms with van der Waals surface area (Å²) in [5, 5.41) is 8.87. The Morgan fingerprint density at radius 2 is 1.77 bits per heavy atom. The van der Waals surface area contributed by atoms with Crippen molar-refractivity contribution in [2.75, 3.05) is 11.9 Å². The van der Waals surface area contributed by atoms with Crippen LogP contribution in [0.1, 0.15) is 24.0 Å². The Morgan fingerprint density at radius 1 is 0.962 bits per heavy atom. The zero-order valence-electron chi connectivity index (χ0n) is 14.9. The van der Waals surface area contributed by atoms with Crippen LogP contribution in [0.25, 0.3) is 10.8 Å². The quantitative estimate of drug-likeness (QED) is 0.724. The van der Waals surface area contributed by atoms with Crippen molar-refractivity contribution < 1.29 is 4.79 Å². The molecule has 0 aliphatic carbocycles. The summed E-state index contributed by atoms with van der Waals surface area (Å²) in [4.78, 5) is 12.2. The number of rotatable bonds is 5. The SMILES string of the molecule is O=C(Nc1ccc(CCc2cccc3ccccc23)cc1)C1CCCN1. The number of fused-ring (bicyclic) bond motifs is 1. The first-order chi connectivity index (χ1) is 12.8. The lowest BCUT2D eigenvalue weighted by Gasteiger charge is -2.11. The number of aryl methyl sites for hydroxylation is 2. The number of anilines is 1. The van der Waals surface area contributed by atoms with Gasteiger partial charge in [-0.05, 0) is 66.3 Å². The average molecular weight is 344 g/mol. The Hall–Kier alpha value is -2.65. The van der Waals surface area contributed by atoms with Gasteiger partial charge in [0.05, 0.1) is 6.04 Å². The van der Waals surface area contributed by atoms with Crippen molar-refractivity contribution in [2.45, 2.75) is 31.7 Å². The van der Waals surface area contributed by atoms with Crippen LogP contribution in [0.5, 0.6) is 0 Å². The molecule has 3 nitrogen and oxygen atoms in total. The van der Waals surface area contributed by atoms with Gasteiger partial charge >= 0.3 is 0 Å². The third-order valence-corrected chi connectivity index (χ3v) is 5.16. The molecular weight excluding hydrogens is 320 g/mol. The molecule has 3 aromatic carbocycles. The number of hydrogen-bond donors (Lipinski definition) is 2. The van der Waals surface area contributed by atoms with E-state index in [0.717, 1.165) is 37.9 Å². The summed E-state index contributed by atoms with van der Waals surface area (Å²) in [7, 11) is 0. The minimum Gasteiger partial charge on any atom is -0.325 e. The smallest absolute Gasteiger partial charge is 0.241 e. The van der Waals surface area contributed by atoms with Gasteiger partial charge in [0.2, 0.25) is 5.91 Å². The second-order valence-electron chi connectivity index (χ2n) is 6.97. The van der Waals surface area contributed by atoms with Crippen molar-refractivity contribution in [3.63, 3.8) is 0 Å². The summed E-state index contributed by atoms with van der Waals surface area (Å²) in [6, 6.07) is 23.2. The Labute approximate surface area is 154 Å². The fourth-order valence-corrected chi connectivity index (χ4v) is 3.68. The molecule has 3 heteroatoms. The predicted molar refractivity (Wildman–Crippen MR) is 107 cm³/mol. The first-order valence-corrected chi connectivity index (χ1v) is 9.39. The summed E-state index contributed by atoms with van der Waals surface area (Å²) >= 11 is 0. The third kappa shape index (κ3) is 3.78. The zero-order valence-corrected chi connectivity index (χ0v) is 14.9. The van der Waals surface area contributed by atoms with E-state index in [1.54, 1.807) is 0 Å². The molecule has 0 spiro atoms. The summed E-state index contributed by atoms with van der Waals surface area (Å²) < 4.78 is 0.